The summed E-state index contributed by atoms with van der Waals surface area (Å²) >= 11 is 0. The number of aliphatic hydroxyl groups is 1. The molecule has 0 amide bonds. The third-order valence-electron chi connectivity index (χ3n) is 4.89. The van der Waals surface area contributed by atoms with E-state index in [1.165, 1.54) is 70.6 Å². The molecule has 0 radical (unpaired) electrons. The number of hydrogen-bond acceptors (Lipinski definition) is 1. The summed E-state index contributed by atoms with van der Waals surface area (Å²) in [6.45, 7) is 2.33. The van der Waals surface area contributed by atoms with E-state index in [-0.39, 0.29) is 0 Å². The van der Waals surface area contributed by atoms with Gasteiger partial charge in [0.05, 0.1) is 0 Å². The summed E-state index contributed by atoms with van der Waals surface area (Å²) in [5.41, 5.74) is 0. The zero-order chi connectivity index (χ0) is 13.9. The Morgan fingerprint density at radius 2 is 1.32 bits per heavy atom. The van der Waals surface area contributed by atoms with Crippen molar-refractivity contribution < 1.29 is 5.11 Å². The van der Waals surface area contributed by atoms with Gasteiger partial charge >= 0.3 is 0 Å². The van der Waals surface area contributed by atoms with Crippen LogP contribution >= 0.6 is 0 Å². The average Bonchev–Trinajstić information content (AvgIpc) is 2.50. The maximum absolute atomic E-state index is 7.00. The van der Waals surface area contributed by atoms with E-state index in [2.05, 4.69) is 19.1 Å². The number of rotatable bonds is 4. The molecule has 2 fully saturated rings. The highest BCUT2D eigenvalue weighted by atomic mass is 16.2. The Labute approximate surface area is 120 Å². The first kappa shape index (κ1) is 16.8. The minimum Gasteiger partial charge on any atom is -0.400 e. The van der Waals surface area contributed by atoms with Crippen molar-refractivity contribution in [2.75, 3.05) is 7.11 Å². The van der Waals surface area contributed by atoms with Crippen LogP contribution in [-0.4, -0.2) is 12.2 Å². The van der Waals surface area contributed by atoms with Crippen molar-refractivity contribution in [3.63, 3.8) is 0 Å². The van der Waals surface area contributed by atoms with E-state index in [4.69, 9.17) is 5.11 Å². The lowest BCUT2D eigenvalue weighted by atomic mass is 9.79. The molecule has 0 saturated heterocycles. The molecule has 1 N–H and O–H groups in total. The van der Waals surface area contributed by atoms with Gasteiger partial charge in [-0.25, -0.2) is 0 Å². The van der Waals surface area contributed by atoms with Crippen LogP contribution in [0.3, 0.4) is 0 Å². The molecule has 1 heteroatoms. The summed E-state index contributed by atoms with van der Waals surface area (Å²) < 4.78 is 0. The van der Waals surface area contributed by atoms with Crippen LogP contribution in [0.2, 0.25) is 0 Å². The number of aliphatic hydroxyl groups excluding tert-OH is 1. The van der Waals surface area contributed by atoms with Crippen LogP contribution in [0.25, 0.3) is 0 Å². The van der Waals surface area contributed by atoms with Crippen molar-refractivity contribution in [2.24, 2.45) is 17.8 Å². The molecule has 0 aromatic heterocycles. The van der Waals surface area contributed by atoms with E-state index in [1.807, 2.05) is 0 Å². The Bertz CT molecular complexity index is 220. The monoisotopic (exact) mass is 266 g/mol. The molecule has 0 heterocycles. The Hall–Kier alpha value is -0.300. The fourth-order valence-electron chi connectivity index (χ4n) is 3.72. The SMILES string of the molecule is CCCC1CCC(C=CC2CCCCC2)CC1.CO. The van der Waals surface area contributed by atoms with Gasteiger partial charge in [0.25, 0.3) is 0 Å². The topological polar surface area (TPSA) is 20.2 Å². The van der Waals surface area contributed by atoms with Crippen molar-refractivity contribution in [1.29, 1.82) is 0 Å². The molecule has 2 aliphatic rings. The predicted octanol–water partition coefficient (Wildman–Crippen LogP) is 5.34. The molecule has 0 aromatic carbocycles. The Morgan fingerprint density at radius 3 is 1.84 bits per heavy atom. The molecule has 0 bridgehead atoms. The summed E-state index contributed by atoms with van der Waals surface area (Å²) in [7, 11) is 1.00. The van der Waals surface area contributed by atoms with Crippen molar-refractivity contribution >= 4 is 0 Å². The van der Waals surface area contributed by atoms with Crippen molar-refractivity contribution in [2.45, 2.75) is 77.6 Å². The molecule has 0 atom stereocenters. The number of hydrogen-bond donors (Lipinski definition) is 1. The van der Waals surface area contributed by atoms with Crippen molar-refractivity contribution in [3.05, 3.63) is 12.2 Å². The van der Waals surface area contributed by atoms with Gasteiger partial charge in [-0.15, -0.1) is 0 Å². The van der Waals surface area contributed by atoms with E-state index in [9.17, 15) is 0 Å². The Balaban J connectivity index is 0.000000861. The lowest BCUT2D eigenvalue weighted by Gasteiger charge is -2.27. The largest absolute Gasteiger partial charge is 0.400 e. The van der Waals surface area contributed by atoms with Crippen LogP contribution in [0.1, 0.15) is 77.6 Å². The van der Waals surface area contributed by atoms with Gasteiger partial charge in [0.15, 0.2) is 0 Å². The molecule has 2 aliphatic carbocycles. The van der Waals surface area contributed by atoms with Gasteiger partial charge in [-0.2, -0.15) is 0 Å². The normalized spacial score (nSPS) is 29.0. The first-order valence-corrected chi connectivity index (χ1v) is 8.51. The van der Waals surface area contributed by atoms with Gasteiger partial charge in [-0.3, -0.25) is 0 Å². The van der Waals surface area contributed by atoms with E-state index in [0.717, 1.165) is 24.9 Å². The van der Waals surface area contributed by atoms with Gasteiger partial charge in [-0.05, 0) is 56.3 Å². The minimum absolute atomic E-state index is 0.921. The standard InChI is InChI=1S/C17H30.CH4O/c1-2-6-15-9-12-17(13-10-15)14-11-16-7-4-3-5-8-16;1-2/h11,14-17H,2-10,12-13H2,1H3;2H,1H3. The van der Waals surface area contributed by atoms with Crippen molar-refractivity contribution in [1.82, 2.24) is 0 Å². The van der Waals surface area contributed by atoms with Crippen molar-refractivity contribution in [3.8, 4) is 0 Å². The van der Waals surface area contributed by atoms with E-state index < -0.39 is 0 Å². The zero-order valence-corrected chi connectivity index (χ0v) is 13.1. The highest BCUT2D eigenvalue weighted by Crippen LogP contribution is 2.33. The average molecular weight is 266 g/mol. The maximum atomic E-state index is 7.00. The Morgan fingerprint density at radius 1 is 0.789 bits per heavy atom. The van der Waals surface area contributed by atoms with Crippen LogP contribution in [0, 0.1) is 17.8 Å². The van der Waals surface area contributed by atoms with Gasteiger partial charge in [0.2, 0.25) is 0 Å². The molecular formula is C18H34O. The smallest absolute Gasteiger partial charge is 0.0319 e. The summed E-state index contributed by atoms with van der Waals surface area (Å²) in [6, 6.07) is 0. The zero-order valence-electron chi connectivity index (χ0n) is 13.1. The van der Waals surface area contributed by atoms with Crippen LogP contribution in [-0.2, 0) is 0 Å². The Kier molecular flexibility index (Phi) is 9.24. The second-order valence-electron chi connectivity index (χ2n) is 6.35. The molecule has 0 unspecified atom stereocenters. The summed E-state index contributed by atoms with van der Waals surface area (Å²) in [5.74, 6) is 2.90. The van der Waals surface area contributed by atoms with Gasteiger partial charge in [-0.1, -0.05) is 51.2 Å². The van der Waals surface area contributed by atoms with Crippen LogP contribution in [0.5, 0.6) is 0 Å². The first-order chi connectivity index (χ1) is 9.38. The molecule has 2 rings (SSSR count). The third-order valence-corrected chi connectivity index (χ3v) is 4.89. The molecule has 0 spiro atoms. The molecule has 0 aliphatic heterocycles. The quantitative estimate of drug-likeness (QED) is 0.681. The molecule has 19 heavy (non-hydrogen) atoms. The fourth-order valence-corrected chi connectivity index (χ4v) is 3.72. The fraction of sp³-hybridized carbons (Fsp3) is 0.889. The van der Waals surface area contributed by atoms with Gasteiger partial charge in [0, 0.05) is 7.11 Å². The van der Waals surface area contributed by atoms with Gasteiger partial charge < -0.3 is 5.11 Å². The molecular weight excluding hydrogens is 232 g/mol. The molecule has 0 aromatic rings. The molecule has 112 valence electrons. The van der Waals surface area contributed by atoms with Crippen LogP contribution in [0.15, 0.2) is 12.2 Å². The predicted molar refractivity (Wildman–Crippen MR) is 84.2 cm³/mol. The highest BCUT2D eigenvalue weighted by Gasteiger charge is 2.19. The summed E-state index contributed by atoms with van der Waals surface area (Å²) in [6.07, 6.45) is 21.3. The van der Waals surface area contributed by atoms with Crippen LogP contribution < -0.4 is 0 Å². The minimum atomic E-state index is 0.921. The highest BCUT2D eigenvalue weighted by molar-refractivity contribution is 4.95. The summed E-state index contributed by atoms with van der Waals surface area (Å²) in [4.78, 5) is 0. The molecule has 1 nitrogen and oxygen atoms in total. The summed E-state index contributed by atoms with van der Waals surface area (Å²) in [5, 5.41) is 7.00. The number of allylic oxidation sites excluding steroid dienone is 2. The maximum Gasteiger partial charge on any atom is 0.0319 e. The van der Waals surface area contributed by atoms with Gasteiger partial charge in [0.1, 0.15) is 0 Å². The third kappa shape index (κ3) is 6.61. The lowest BCUT2D eigenvalue weighted by molar-refractivity contribution is 0.293. The molecule has 2 saturated carbocycles. The first-order valence-electron chi connectivity index (χ1n) is 8.51. The lowest BCUT2D eigenvalue weighted by Crippen LogP contribution is -2.13. The van der Waals surface area contributed by atoms with E-state index >= 15 is 0 Å². The second-order valence-corrected chi connectivity index (χ2v) is 6.35. The van der Waals surface area contributed by atoms with Crippen LogP contribution in [0.4, 0.5) is 0 Å². The second kappa shape index (κ2) is 10.5. The van der Waals surface area contributed by atoms with E-state index in [1.54, 1.807) is 0 Å². The van der Waals surface area contributed by atoms with E-state index in [0.29, 0.717) is 0 Å².